The first-order valence-corrected chi connectivity index (χ1v) is 7.50. The molecule has 2 aromatic heterocycles. The van der Waals surface area contributed by atoms with Crippen LogP contribution in [0.4, 0.5) is 0 Å². The van der Waals surface area contributed by atoms with Gasteiger partial charge in [0.1, 0.15) is 6.26 Å². The monoisotopic (exact) mass is 297 g/mol. The standard InChI is InChI=1S/C17H19N3O2/c1-2-6-14-9-16(22-20-14)11-18-10-15-12-21-17(19-15)13-7-4-3-5-8-13/h3-5,7-9,12,18H,2,6,10-11H2,1H3. The number of nitrogens with zero attached hydrogens (tertiary/aromatic N) is 2. The highest BCUT2D eigenvalue weighted by Gasteiger charge is 2.07. The highest BCUT2D eigenvalue weighted by molar-refractivity contribution is 5.52. The van der Waals surface area contributed by atoms with Crippen LogP contribution in [0.1, 0.15) is 30.5 Å². The lowest BCUT2D eigenvalue weighted by Gasteiger charge is -1.97. The summed E-state index contributed by atoms with van der Waals surface area (Å²) < 4.78 is 10.8. The van der Waals surface area contributed by atoms with E-state index in [1.807, 2.05) is 36.4 Å². The lowest BCUT2D eigenvalue weighted by Crippen LogP contribution is -2.12. The fraction of sp³-hybridized carbons (Fsp3) is 0.294. The number of benzene rings is 1. The minimum atomic E-state index is 0.625. The van der Waals surface area contributed by atoms with Gasteiger partial charge in [0.25, 0.3) is 0 Å². The molecule has 114 valence electrons. The molecule has 1 N–H and O–H groups in total. The summed E-state index contributed by atoms with van der Waals surface area (Å²) in [6.07, 6.45) is 3.70. The third kappa shape index (κ3) is 3.62. The van der Waals surface area contributed by atoms with E-state index in [9.17, 15) is 0 Å². The van der Waals surface area contributed by atoms with Crippen LogP contribution in [0.15, 0.2) is 51.6 Å². The molecule has 5 nitrogen and oxygen atoms in total. The van der Waals surface area contributed by atoms with Crippen molar-refractivity contribution in [1.82, 2.24) is 15.5 Å². The summed E-state index contributed by atoms with van der Waals surface area (Å²) in [5, 5.41) is 7.31. The van der Waals surface area contributed by atoms with E-state index < -0.39 is 0 Å². The topological polar surface area (TPSA) is 64.1 Å². The van der Waals surface area contributed by atoms with Crippen molar-refractivity contribution in [3.05, 3.63) is 59.8 Å². The SMILES string of the molecule is CCCc1cc(CNCc2coc(-c3ccccc3)n2)on1. The minimum absolute atomic E-state index is 0.625. The highest BCUT2D eigenvalue weighted by atomic mass is 16.5. The first-order valence-electron chi connectivity index (χ1n) is 7.50. The number of hydrogen-bond acceptors (Lipinski definition) is 5. The van der Waals surface area contributed by atoms with Crippen molar-refractivity contribution in [1.29, 1.82) is 0 Å². The van der Waals surface area contributed by atoms with E-state index >= 15 is 0 Å². The largest absolute Gasteiger partial charge is 0.444 e. The van der Waals surface area contributed by atoms with Gasteiger partial charge in [0.15, 0.2) is 5.76 Å². The average Bonchev–Trinajstić information content (AvgIpc) is 3.19. The quantitative estimate of drug-likeness (QED) is 0.722. The molecule has 0 saturated heterocycles. The first-order chi connectivity index (χ1) is 10.8. The van der Waals surface area contributed by atoms with Crippen LogP contribution in [0.3, 0.4) is 0 Å². The molecule has 1 aromatic carbocycles. The van der Waals surface area contributed by atoms with Gasteiger partial charge in [-0.05, 0) is 18.6 Å². The molecule has 0 bridgehead atoms. The Labute approximate surface area is 129 Å². The van der Waals surface area contributed by atoms with Crippen LogP contribution in [-0.2, 0) is 19.5 Å². The summed E-state index contributed by atoms with van der Waals surface area (Å²) in [5.74, 6) is 1.48. The normalized spacial score (nSPS) is 11.0. The molecule has 2 heterocycles. The van der Waals surface area contributed by atoms with Gasteiger partial charge in [-0.2, -0.15) is 0 Å². The van der Waals surface area contributed by atoms with Crippen LogP contribution in [0, 0.1) is 0 Å². The molecule has 0 amide bonds. The van der Waals surface area contributed by atoms with Gasteiger partial charge >= 0.3 is 0 Å². The van der Waals surface area contributed by atoms with Gasteiger partial charge in [-0.3, -0.25) is 0 Å². The van der Waals surface area contributed by atoms with Gasteiger partial charge in [-0.15, -0.1) is 0 Å². The molecule has 3 rings (SSSR count). The van der Waals surface area contributed by atoms with Crippen molar-refractivity contribution in [2.24, 2.45) is 0 Å². The van der Waals surface area contributed by atoms with E-state index in [0.717, 1.165) is 35.6 Å². The summed E-state index contributed by atoms with van der Waals surface area (Å²) >= 11 is 0. The summed E-state index contributed by atoms with van der Waals surface area (Å²) in [6, 6.07) is 11.9. The Balaban J connectivity index is 1.52. The number of hydrogen-bond donors (Lipinski definition) is 1. The van der Waals surface area contributed by atoms with Crippen LogP contribution in [-0.4, -0.2) is 10.1 Å². The molecule has 3 aromatic rings. The molecule has 0 atom stereocenters. The molecule has 0 spiro atoms. The van der Waals surface area contributed by atoms with E-state index in [2.05, 4.69) is 22.4 Å². The Morgan fingerprint density at radius 3 is 2.77 bits per heavy atom. The molecule has 0 fully saturated rings. The van der Waals surface area contributed by atoms with Crippen LogP contribution >= 0.6 is 0 Å². The zero-order valence-corrected chi connectivity index (χ0v) is 12.6. The van der Waals surface area contributed by atoms with Crippen LogP contribution < -0.4 is 5.32 Å². The van der Waals surface area contributed by atoms with Gasteiger partial charge in [-0.25, -0.2) is 4.98 Å². The fourth-order valence-electron chi connectivity index (χ4n) is 2.23. The Hall–Kier alpha value is -2.40. The molecular weight excluding hydrogens is 278 g/mol. The van der Waals surface area contributed by atoms with Crippen molar-refractivity contribution in [2.75, 3.05) is 0 Å². The number of aromatic nitrogens is 2. The number of nitrogens with one attached hydrogen (secondary N) is 1. The lowest BCUT2D eigenvalue weighted by molar-refractivity contribution is 0.367. The molecule has 0 aliphatic carbocycles. The predicted molar refractivity (Wildman–Crippen MR) is 83.0 cm³/mol. The van der Waals surface area contributed by atoms with E-state index in [-0.39, 0.29) is 0 Å². The van der Waals surface area contributed by atoms with Gasteiger partial charge in [0.05, 0.1) is 17.9 Å². The zero-order chi connectivity index (χ0) is 15.2. The van der Waals surface area contributed by atoms with Crippen LogP contribution in [0.5, 0.6) is 0 Å². The Morgan fingerprint density at radius 2 is 1.95 bits per heavy atom. The maximum absolute atomic E-state index is 5.50. The van der Waals surface area contributed by atoms with E-state index in [1.54, 1.807) is 6.26 Å². The van der Waals surface area contributed by atoms with Crippen molar-refractivity contribution in [3.8, 4) is 11.5 Å². The Morgan fingerprint density at radius 1 is 1.09 bits per heavy atom. The van der Waals surface area contributed by atoms with E-state index in [1.165, 1.54) is 0 Å². The summed E-state index contributed by atoms with van der Waals surface area (Å²) in [6.45, 7) is 3.38. The van der Waals surface area contributed by atoms with Gasteiger partial charge < -0.3 is 14.3 Å². The molecule has 0 radical (unpaired) electrons. The molecule has 5 heteroatoms. The van der Waals surface area contributed by atoms with Crippen molar-refractivity contribution >= 4 is 0 Å². The average molecular weight is 297 g/mol. The maximum atomic E-state index is 5.50. The lowest BCUT2D eigenvalue weighted by atomic mass is 10.2. The summed E-state index contributed by atoms with van der Waals surface area (Å²) in [4.78, 5) is 4.47. The fourth-order valence-corrected chi connectivity index (χ4v) is 2.23. The molecule has 22 heavy (non-hydrogen) atoms. The second-order valence-electron chi connectivity index (χ2n) is 5.15. The Kier molecular flexibility index (Phi) is 4.65. The number of oxazole rings is 1. The molecule has 0 unspecified atom stereocenters. The third-order valence-corrected chi connectivity index (χ3v) is 3.29. The van der Waals surface area contributed by atoms with E-state index in [0.29, 0.717) is 19.0 Å². The van der Waals surface area contributed by atoms with Crippen molar-refractivity contribution in [3.63, 3.8) is 0 Å². The second-order valence-corrected chi connectivity index (χ2v) is 5.15. The van der Waals surface area contributed by atoms with Crippen LogP contribution in [0.25, 0.3) is 11.5 Å². The zero-order valence-electron chi connectivity index (χ0n) is 12.6. The summed E-state index contributed by atoms with van der Waals surface area (Å²) in [7, 11) is 0. The van der Waals surface area contributed by atoms with Gasteiger partial charge in [-0.1, -0.05) is 36.7 Å². The minimum Gasteiger partial charge on any atom is -0.444 e. The van der Waals surface area contributed by atoms with Gasteiger partial charge in [0.2, 0.25) is 5.89 Å². The van der Waals surface area contributed by atoms with Crippen molar-refractivity contribution in [2.45, 2.75) is 32.9 Å². The second kappa shape index (κ2) is 7.04. The highest BCUT2D eigenvalue weighted by Crippen LogP contribution is 2.17. The maximum Gasteiger partial charge on any atom is 0.226 e. The van der Waals surface area contributed by atoms with E-state index in [4.69, 9.17) is 8.94 Å². The molecular formula is C17H19N3O2. The van der Waals surface area contributed by atoms with Crippen LogP contribution in [0.2, 0.25) is 0 Å². The summed E-state index contributed by atoms with van der Waals surface area (Å²) in [5.41, 5.74) is 2.85. The predicted octanol–water partition coefficient (Wildman–Crippen LogP) is 3.57. The third-order valence-electron chi connectivity index (χ3n) is 3.29. The smallest absolute Gasteiger partial charge is 0.226 e. The first kappa shape index (κ1) is 14.5. The molecule has 0 aliphatic rings. The molecule has 0 aliphatic heterocycles. The van der Waals surface area contributed by atoms with Gasteiger partial charge in [0, 0.05) is 18.2 Å². The molecule has 0 saturated carbocycles. The van der Waals surface area contributed by atoms with Crippen molar-refractivity contribution < 1.29 is 8.94 Å². The Bertz CT molecular complexity index is 704. The number of aryl methyl sites for hydroxylation is 1. The number of rotatable bonds is 7.